The first kappa shape index (κ1) is 22.5. The van der Waals surface area contributed by atoms with Gasteiger partial charge in [-0.3, -0.25) is 9.69 Å². The van der Waals surface area contributed by atoms with Gasteiger partial charge in [-0.15, -0.1) is 0 Å². The van der Waals surface area contributed by atoms with Gasteiger partial charge in [0.25, 0.3) is 0 Å². The molecule has 0 bridgehead atoms. The van der Waals surface area contributed by atoms with E-state index < -0.39 is 0 Å². The molecule has 1 aromatic carbocycles. The predicted molar refractivity (Wildman–Crippen MR) is 117 cm³/mol. The molecule has 3 rings (SSSR count). The van der Waals surface area contributed by atoms with Crippen molar-refractivity contribution in [3.05, 3.63) is 34.6 Å². The van der Waals surface area contributed by atoms with Crippen LogP contribution < -0.4 is 5.32 Å². The standard InChI is InChI=1S/C23H35ClFN3O/c1-2-19-7-3-4-13-28(19)14-6-12-26-23(29)18-10-15-27(16-11-18)17-20-21(24)8-5-9-22(20)25/h5,8-9,18-19H,2-4,6-7,10-17H2,1H3,(H,26,29)/t19-/m0/s1. The van der Waals surface area contributed by atoms with Crippen LogP contribution in [-0.4, -0.2) is 54.5 Å². The van der Waals surface area contributed by atoms with Crippen molar-refractivity contribution in [3.63, 3.8) is 0 Å². The molecule has 0 aliphatic carbocycles. The highest BCUT2D eigenvalue weighted by molar-refractivity contribution is 6.31. The molecule has 4 nitrogen and oxygen atoms in total. The van der Waals surface area contributed by atoms with Gasteiger partial charge in [-0.05, 0) is 70.3 Å². The van der Waals surface area contributed by atoms with Crippen LogP contribution in [0.25, 0.3) is 0 Å². The Kier molecular flexibility index (Phi) is 8.76. The Morgan fingerprint density at radius 2 is 2.00 bits per heavy atom. The number of nitrogens with zero attached hydrogens (tertiary/aromatic N) is 2. The van der Waals surface area contributed by atoms with Crippen molar-refractivity contribution in [1.29, 1.82) is 0 Å². The number of benzene rings is 1. The lowest BCUT2D eigenvalue weighted by Gasteiger charge is -2.35. The van der Waals surface area contributed by atoms with E-state index in [-0.39, 0.29) is 17.6 Å². The van der Waals surface area contributed by atoms with E-state index in [1.54, 1.807) is 12.1 Å². The molecule has 162 valence electrons. The SMILES string of the molecule is CC[C@H]1CCCCN1CCCNC(=O)C1CCN(Cc2c(F)cccc2Cl)CC1. The third kappa shape index (κ3) is 6.40. The van der Waals surface area contributed by atoms with Crippen LogP contribution in [0.15, 0.2) is 18.2 Å². The lowest BCUT2D eigenvalue weighted by atomic mass is 9.95. The van der Waals surface area contributed by atoms with Crippen LogP contribution in [-0.2, 0) is 11.3 Å². The van der Waals surface area contributed by atoms with Crippen molar-refractivity contribution < 1.29 is 9.18 Å². The van der Waals surface area contributed by atoms with E-state index in [0.29, 0.717) is 17.1 Å². The second kappa shape index (κ2) is 11.3. The molecule has 0 saturated carbocycles. The predicted octanol–water partition coefficient (Wildman–Crippen LogP) is 4.46. The summed E-state index contributed by atoms with van der Waals surface area (Å²) >= 11 is 6.14. The van der Waals surface area contributed by atoms with Crippen LogP contribution in [0.1, 0.15) is 57.4 Å². The van der Waals surface area contributed by atoms with Crippen molar-refractivity contribution in [2.45, 2.75) is 64.5 Å². The van der Waals surface area contributed by atoms with Gasteiger partial charge in [-0.25, -0.2) is 4.39 Å². The summed E-state index contributed by atoms with van der Waals surface area (Å²) < 4.78 is 14.0. The lowest BCUT2D eigenvalue weighted by Crippen LogP contribution is -2.42. The molecular weight excluding hydrogens is 389 g/mol. The number of hydrogen-bond donors (Lipinski definition) is 1. The average Bonchev–Trinajstić information content (AvgIpc) is 2.74. The van der Waals surface area contributed by atoms with E-state index in [2.05, 4.69) is 22.0 Å². The van der Waals surface area contributed by atoms with Crippen LogP contribution in [0, 0.1) is 11.7 Å². The van der Waals surface area contributed by atoms with Gasteiger partial charge in [0.15, 0.2) is 0 Å². The summed E-state index contributed by atoms with van der Waals surface area (Å²) in [6, 6.07) is 5.54. The molecule has 2 saturated heterocycles. The Morgan fingerprint density at radius 1 is 1.21 bits per heavy atom. The summed E-state index contributed by atoms with van der Waals surface area (Å²) in [6.45, 7) is 7.43. The number of carbonyl (C=O) groups is 1. The Morgan fingerprint density at radius 3 is 2.72 bits per heavy atom. The fraction of sp³-hybridized carbons (Fsp3) is 0.696. The first-order valence-electron chi connectivity index (χ1n) is 11.3. The van der Waals surface area contributed by atoms with E-state index in [1.165, 1.54) is 38.3 Å². The smallest absolute Gasteiger partial charge is 0.223 e. The molecule has 1 N–H and O–H groups in total. The summed E-state index contributed by atoms with van der Waals surface area (Å²) in [5.74, 6) is -0.00337. The molecule has 2 heterocycles. The normalized spacial score (nSPS) is 22.0. The maximum absolute atomic E-state index is 14.0. The van der Waals surface area contributed by atoms with Gasteiger partial charge in [-0.2, -0.15) is 0 Å². The molecule has 6 heteroatoms. The number of hydrogen-bond acceptors (Lipinski definition) is 3. The maximum Gasteiger partial charge on any atom is 0.223 e. The van der Waals surface area contributed by atoms with E-state index in [1.807, 2.05) is 0 Å². The number of piperidine rings is 2. The maximum atomic E-state index is 14.0. The molecule has 1 atom stereocenters. The Labute approximate surface area is 179 Å². The van der Waals surface area contributed by atoms with Crippen LogP contribution >= 0.6 is 11.6 Å². The molecule has 2 aliphatic rings. The van der Waals surface area contributed by atoms with Gasteiger partial charge >= 0.3 is 0 Å². The van der Waals surface area contributed by atoms with Crippen molar-refractivity contribution >= 4 is 17.5 Å². The largest absolute Gasteiger partial charge is 0.356 e. The highest BCUT2D eigenvalue weighted by Gasteiger charge is 2.26. The Hall–Kier alpha value is -1.17. The zero-order valence-corrected chi connectivity index (χ0v) is 18.4. The van der Waals surface area contributed by atoms with Gasteiger partial charge in [0.2, 0.25) is 5.91 Å². The van der Waals surface area contributed by atoms with Crippen molar-refractivity contribution in [2.75, 3.05) is 32.7 Å². The molecule has 1 amide bonds. The molecule has 0 aromatic heterocycles. The fourth-order valence-corrected chi connectivity index (χ4v) is 4.94. The van der Waals surface area contributed by atoms with Crippen LogP contribution in [0.3, 0.4) is 0 Å². The van der Waals surface area contributed by atoms with E-state index >= 15 is 0 Å². The first-order valence-corrected chi connectivity index (χ1v) is 11.6. The van der Waals surface area contributed by atoms with Gasteiger partial charge in [-0.1, -0.05) is 31.0 Å². The molecule has 2 fully saturated rings. The van der Waals surface area contributed by atoms with Gasteiger partial charge < -0.3 is 10.2 Å². The van der Waals surface area contributed by atoms with Crippen LogP contribution in [0.2, 0.25) is 5.02 Å². The second-order valence-electron chi connectivity index (χ2n) is 8.49. The average molecular weight is 424 g/mol. The zero-order valence-electron chi connectivity index (χ0n) is 17.6. The number of amides is 1. The summed E-state index contributed by atoms with van der Waals surface area (Å²) in [4.78, 5) is 17.3. The van der Waals surface area contributed by atoms with Crippen molar-refractivity contribution in [1.82, 2.24) is 15.1 Å². The van der Waals surface area contributed by atoms with Gasteiger partial charge in [0, 0.05) is 42.2 Å². The minimum absolute atomic E-state index is 0.0701. The first-order chi connectivity index (χ1) is 14.1. The lowest BCUT2D eigenvalue weighted by molar-refractivity contribution is -0.126. The molecule has 29 heavy (non-hydrogen) atoms. The zero-order chi connectivity index (χ0) is 20.6. The highest BCUT2D eigenvalue weighted by atomic mass is 35.5. The van der Waals surface area contributed by atoms with Gasteiger partial charge in [0.05, 0.1) is 0 Å². The van der Waals surface area contributed by atoms with E-state index in [9.17, 15) is 9.18 Å². The number of nitrogens with one attached hydrogen (secondary N) is 1. The summed E-state index contributed by atoms with van der Waals surface area (Å²) in [7, 11) is 0. The van der Waals surface area contributed by atoms with E-state index in [4.69, 9.17) is 11.6 Å². The number of carbonyl (C=O) groups excluding carboxylic acids is 1. The second-order valence-corrected chi connectivity index (χ2v) is 8.90. The van der Waals surface area contributed by atoms with E-state index in [0.717, 1.165) is 51.5 Å². The number of likely N-dealkylation sites (tertiary alicyclic amines) is 2. The van der Waals surface area contributed by atoms with Crippen LogP contribution in [0.5, 0.6) is 0 Å². The molecule has 0 spiro atoms. The minimum atomic E-state index is -0.253. The summed E-state index contributed by atoms with van der Waals surface area (Å²) in [5, 5.41) is 3.62. The molecule has 2 aliphatic heterocycles. The molecule has 0 radical (unpaired) electrons. The Bertz CT molecular complexity index is 643. The number of halogens is 2. The van der Waals surface area contributed by atoms with Gasteiger partial charge in [0.1, 0.15) is 5.82 Å². The Balaban J connectivity index is 1.34. The summed E-state index contributed by atoms with van der Waals surface area (Å²) in [5.41, 5.74) is 0.556. The third-order valence-electron chi connectivity index (χ3n) is 6.54. The quantitative estimate of drug-likeness (QED) is 0.627. The number of rotatable bonds is 8. The fourth-order valence-electron chi connectivity index (χ4n) is 4.72. The van der Waals surface area contributed by atoms with Crippen molar-refractivity contribution in [2.24, 2.45) is 5.92 Å². The third-order valence-corrected chi connectivity index (χ3v) is 6.90. The molecule has 1 aromatic rings. The molecular formula is C23H35ClFN3O. The summed E-state index contributed by atoms with van der Waals surface area (Å²) in [6.07, 6.45) is 7.87. The van der Waals surface area contributed by atoms with Crippen LogP contribution in [0.4, 0.5) is 4.39 Å². The highest BCUT2D eigenvalue weighted by Crippen LogP contribution is 2.24. The molecule has 0 unspecified atom stereocenters. The topological polar surface area (TPSA) is 35.6 Å². The minimum Gasteiger partial charge on any atom is -0.356 e. The van der Waals surface area contributed by atoms with Crippen molar-refractivity contribution in [3.8, 4) is 0 Å². The monoisotopic (exact) mass is 423 g/mol.